The van der Waals surface area contributed by atoms with Crippen molar-refractivity contribution in [3.8, 4) is 11.3 Å². The number of rotatable bonds is 4. The van der Waals surface area contributed by atoms with Crippen molar-refractivity contribution < 1.29 is 4.52 Å². The summed E-state index contributed by atoms with van der Waals surface area (Å²) in [6.45, 7) is 0. The summed E-state index contributed by atoms with van der Waals surface area (Å²) in [7, 11) is 0. The van der Waals surface area contributed by atoms with Gasteiger partial charge in [0.15, 0.2) is 5.76 Å². The van der Waals surface area contributed by atoms with Gasteiger partial charge in [0.1, 0.15) is 0 Å². The molecule has 0 unspecified atom stereocenters. The van der Waals surface area contributed by atoms with E-state index in [1.807, 2.05) is 30.3 Å². The van der Waals surface area contributed by atoms with E-state index in [0.29, 0.717) is 15.8 Å². The molecule has 0 aliphatic rings. The van der Waals surface area contributed by atoms with E-state index in [9.17, 15) is 0 Å². The number of benzene rings is 2. The molecule has 0 saturated carbocycles. The van der Waals surface area contributed by atoms with Crippen LogP contribution in [-0.2, 0) is 5.75 Å². The first-order chi connectivity index (χ1) is 10.2. The molecule has 1 aromatic heterocycles. The molecule has 0 spiro atoms. The van der Waals surface area contributed by atoms with Crippen molar-refractivity contribution in [1.29, 1.82) is 0 Å². The molecular formula is C16H11Cl2NOS. The fourth-order valence-corrected chi connectivity index (χ4v) is 2.94. The summed E-state index contributed by atoms with van der Waals surface area (Å²) in [5.74, 6) is 1.45. The van der Waals surface area contributed by atoms with Crippen molar-refractivity contribution in [2.24, 2.45) is 0 Å². The van der Waals surface area contributed by atoms with Gasteiger partial charge in [0.2, 0.25) is 0 Å². The zero-order valence-electron chi connectivity index (χ0n) is 10.9. The lowest BCUT2D eigenvalue weighted by Gasteiger charge is -1.98. The van der Waals surface area contributed by atoms with Crippen LogP contribution in [0.25, 0.3) is 11.3 Å². The second-order valence-corrected chi connectivity index (χ2v) is 6.28. The van der Waals surface area contributed by atoms with Crippen LogP contribution in [0.3, 0.4) is 0 Å². The topological polar surface area (TPSA) is 26.0 Å². The fraction of sp³-hybridized carbons (Fsp3) is 0.0625. The summed E-state index contributed by atoms with van der Waals surface area (Å²) in [6, 6.07) is 17.5. The molecular weight excluding hydrogens is 325 g/mol. The van der Waals surface area contributed by atoms with Gasteiger partial charge in [-0.3, -0.25) is 0 Å². The van der Waals surface area contributed by atoms with Crippen molar-refractivity contribution in [3.05, 3.63) is 70.3 Å². The van der Waals surface area contributed by atoms with Crippen molar-refractivity contribution >= 4 is 35.0 Å². The Morgan fingerprint density at radius 2 is 1.76 bits per heavy atom. The van der Waals surface area contributed by atoms with Gasteiger partial charge in [0, 0.05) is 22.3 Å². The van der Waals surface area contributed by atoms with Crippen molar-refractivity contribution in [2.75, 3.05) is 0 Å². The summed E-state index contributed by atoms with van der Waals surface area (Å²) in [6.07, 6.45) is 0. The molecule has 3 aromatic rings. The average molecular weight is 336 g/mol. The summed E-state index contributed by atoms with van der Waals surface area (Å²) in [5, 5.41) is 5.12. The second-order valence-electron chi connectivity index (χ2n) is 4.41. The third-order valence-electron chi connectivity index (χ3n) is 2.89. The molecule has 0 aliphatic heterocycles. The minimum atomic E-state index is 0.505. The lowest BCUT2D eigenvalue weighted by molar-refractivity contribution is 0.426. The lowest BCUT2D eigenvalue weighted by Crippen LogP contribution is -1.79. The van der Waals surface area contributed by atoms with Crippen LogP contribution in [0.5, 0.6) is 0 Å². The van der Waals surface area contributed by atoms with Gasteiger partial charge in [-0.1, -0.05) is 46.6 Å². The van der Waals surface area contributed by atoms with E-state index in [1.165, 1.54) is 4.90 Å². The molecule has 106 valence electrons. The Labute approximate surface area is 137 Å². The maximum absolute atomic E-state index is 6.01. The highest BCUT2D eigenvalue weighted by Gasteiger charge is 2.09. The van der Waals surface area contributed by atoms with Gasteiger partial charge < -0.3 is 4.52 Å². The molecule has 5 heteroatoms. The predicted octanol–water partition coefficient (Wildman–Crippen LogP) is 5.94. The zero-order chi connectivity index (χ0) is 14.7. The minimum Gasteiger partial charge on any atom is -0.356 e. The molecule has 0 amide bonds. The van der Waals surface area contributed by atoms with Gasteiger partial charge in [-0.15, -0.1) is 11.8 Å². The van der Waals surface area contributed by atoms with Crippen LogP contribution in [0.2, 0.25) is 10.0 Å². The first-order valence-corrected chi connectivity index (χ1v) is 8.05. The molecule has 2 nitrogen and oxygen atoms in total. The lowest BCUT2D eigenvalue weighted by atomic mass is 10.2. The highest BCUT2D eigenvalue weighted by Crippen LogP contribution is 2.30. The van der Waals surface area contributed by atoms with Crippen LogP contribution in [0.15, 0.2) is 64.0 Å². The van der Waals surface area contributed by atoms with Gasteiger partial charge in [-0.05, 0) is 30.3 Å². The molecule has 0 atom stereocenters. The fourth-order valence-electron chi connectivity index (χ4n) is 1.84. The van der Waals surface area contributed by atoms with Crippen molar-refractivity contribution in [1.82, 2.24) is 5.16 Å². The summed E-state index contributed by atoms with van der Waals surface area (Å²) < 4.78 is 5.37. The standard InChI is InChI=1S/C16H11Cl2NOS/c17-14-7-6-11(8-15(14)18)16-9-12(19-20-16)10-21-13-4-2-1-3-5-13/h1-9H,10H2. The Kier molecular flexibility index (Phi) is 4.54. The quantitative estimate of drug-likeness (QED) is 0.551. The third kappa shape index (κ3) is 3.62. The molecule has 0 radical (unpaired) electrons. The molecule has 0 N–H and O–H groups in total. The predicted molar refractivity (Wildman–Crippen MR) is 88.0 cm³/mol. The van der Waals surface area contributed by atoms with E-state index in [1.54, 1.807) is 23.9 Å². The number of hydrogen-bond donors (Lipinski definition) is 0. The molecule has 1 heterocycles. The molecule has 3 rings (SSSR count). The number of thioether (sulfide) groups is 1. The maximum Gasteiger partial charge on any atom is 0.167 e. The van der Waals surface area contributed by atoms with Gasteiger partial charge in [-0.25, -0.2) is 0 Å². The third-order valence-corrected chi connectivity index (χ3v) is 4.68. The minimum absolute atomic E-state index is 0.505. The average Bonchev–Trinajstić information content (AvgIpc) is 2.98. The van der Waals surface area contributed by atoms with Gasteiger partial charge in [0.25, 0.3) is 0 Å². The van der Waals surface area contributed by atoms with E-state index in [4.69, 9.17) is 27.7 Å². The Hall–Kier alpha value is -1.42. The largest absolute Gasteiger partial charge is 0.356 e. The summed E-state index contributed by atoms with van der Waals surface area (Å²) in [4.78, 5) is 1.21. The van der Waals surface area contributed by atoms with E-state index in [2.05, 4.69) is 17.3 Å². The molecule has 0 saturated heterocycles. The molecule has 2 aromatic carbocycles. The van der Waals surface area contributed by atoms with Crippen LogP contribution in [-0.4, -0.2) is 5.16 Å². The van der Waals surface area contributed by atoms with Crippen LogP contribution in [0.4, 0.5) is 0 Å². The summed E-state index contributed by atoms with van der Waals surface area (Å²) in [5.41, 5.74) is 1.76. The first kappa shape index (κ1) is 14.5. The molecule has 0 fully saturated rings. The highest BCUT2D eigenvalue weighted by atomic mass is 35.5. The number of halogens is 2. The monoisotopic (exact) mass is 335 g/mol. The van der Waals surface area contributed by atoms with Gasteiger partial charge in [0.05, 0.1) is 15.7 Å². The molecule has 21 heavy (non-hydrogen) atoms. The zero-order valence-corrected chi connectivity index (χ0v) is 13.3. The summed E-state index contributed by atoms with van der Waals surface area (Å²) >= 11 is 13.6. The van der Waals surface area contributed by atoms with E-state index < -0.39 is 0 Å². The Balaban J connectivity index is 1.72. The van der Waals surface area contributed by atoms with Gasteiger partial charge >= 0.3 is 0 Å². The van der Waals surface area contributed by atoms with Crippen molar-refractivity contribution in [3.63, 3.8) is 0 Å². The normalized spacial score (nSPS) is 10.8. The van der Waals surface area contributed by atoms with E-state index in [-0.39, 0.29) is 0 Å². The van der Waals surface area contributed by atoms with E-state index in [0.717, 1.165) is 17.0 Å². The van der Waals surface area contributed by atoms with E-state index >= 15 is 0 Å². The van der Waals surface area contributed by atoms with Gasteiger partial charge in [-0.2, -0.15) is 0 Å². The second kappa shape index (κ2) is 6.56. The number of nitrogens with zero attached hydrogens (tertiary/aromatic N) is 1. The smallest absolute Gasteiger partial charge is 0.167 e. The Bertz CT molecular complexity index is 743. The Morgan fingerprint density at radius 1 is 0.952 bits per heavy atom. The Morgan fingerprint density at radius 3 is 2.52 bits per heavy atom. The van der Waals surface area contributed by atoms with Crippen LogP contribution < -0.4 is 0 Å². The van der Waals surface area contributed by atoms with Crippen molar-refractivity contribution in [2.45, 2.75) is 10.6 Å². The maximum atomic E-state index is 6.01. The molecule has 0 bridgehead atoms. The van der Waals surface area contributed by atoms with Crippen LogP contribution >= 0.6 is 35.0 Å². The SMILES string of the molecule is Clc1ccc(-c2cc(CSc3ccccc3)no2)cc1Cl. The highest BCUT2D eigenvalue weighted by molar-refractivity contribution is 7.98. The van der Waals surface area contributed by atoms with Crippen LogP contribution in [0.1, 0.15) is 5.69 Å². The number of hydrogen-bond acceptors (Lipinski definition) is 3. The number of aromatic nitrogens is 1. The van der Waals surface area contributed by atoms with Crippen LogP contribution in [0, 0.1) is 0 Å². The first-order valence-electron chi connectivity index (χ1n) is 6.31. The molecule has 0 aliphatic carbocycles.